The third-order valence-electron chi connectivity index (χ3n) is 2.64. The normalized spacial score (nSPS) is 15.6. The van der Waals surface area contributed by atoms with Crippen LogP contribution in [0.3, 0.4) is 0 Å². The summed E-state index contributed by atoms with van der Waals surface area (Å²) in [5, 5.41) is 0. The molecule has 0 spiro atoms. The highest BCUT2D eigenvalue weighted by molar-refractivity contribution is 5.71. The quantitative estimate of drug-likeness (QED) is 0.677. The van der Waals surface area contributed by atoms with Crippen molar-refractivity contribution in [3.05, 3.63) is 42.0 Å². The fourth-order valence-corrected chi connectivity index (χ4v) is 1.59. The van der Waals surface area contributed by atoms with E-state index in [9.17, 15) is 4.79 Å². The van der Waals surface area contributed by atoms with E-state index in [1.807, 2.05) is 18.2 Å². The summed E-state index contributed by atoms with van der Waals surface area (Å²) < 4.78 is 5.25. The van der Waals surface area contributed by atoms with Gasteiger partial charge in [0.05, 0.1) is 0 Å². The SMILES string of the molecule is CC1=CCN(C(=O)Oc2ccccc2)CC1. The van der Waals surface area contributed by atoms with E-state index in [4.69, 9.17) is 4.74 Å². The zero-order valence-electron chi connectivity index (χ0n) is 9.35. The van der Waals surface area contributed by atoms with E-state index in [0.717, 1.165) is 13.0 Å². The highest BCUT2D eigenvalue weighted by Crippen LogP contribution is 2.14. The van der Waals surface area contributed by atoms with E-state index in [1.165, 1.54) is 5.57 Å². The van der Waals surface area contributed by atoms with Crippen molar-refractivity contribution in [2.24, 2.45) is 0 Å². The number of nitrogens with zero attached hydrogens (tertiary/aromatic N) is 1. The lowest BCUT2D eigenvalue weighted by Gasteiger charge is -2.24. The first-order valence-electron chi connectivity index (χ1n) is 5.43. The Morgan fingerprint density at radius 2 is 2.06 bits per heavy atom. The minimum absolute atomic E-state index is 0.269. The number of hydrogen-bond donors (Lipinski definition) is 0. The van der Waals surface area contributed by atoms with Crippen molar-refractivity contribution < 1.29 is 9.53 Å². The molecule has 1 aromatic rings. The molecule has 84 valence electrons. The summed E-state index contributed by atoms with van der Waals surface area (Å²) in [6, 6.07) is 9.15. The number of hydrogen-bond acceptors (Lipinski definition) is 2. The molecule has 0 aliphatic carbocycles. The summed E-state index contributed by atoms with van der Waals surface area (Å²) in [6.45, 7) is 3.48. The van der Waals surface area contributed by atoms with Crippen LogP contribution in [0, 0.1) is 0 Å². The standard InChI is InChI=1S/C13H15NO2/c1-11-7-9-14(10-8-11)13(15)16-12-5-3-2-4-6-12/h2-7H,8-10H2,1H3. The van der Waals surface area contributed by atoms with Gasteiger partial charge in [0.25, 0.3) is 0 Å². The Kier molecular flexibility index (Phi) is 3.25. The molecule has 16 heavy (non-hydrogen) atoms. The number of ether oxygens (including phenoxy) is 1. The lowest BCUT2D eigenvalue weighted by atomic mass is 10.1. The Balaban J connectivity index is 1.94. The van der Waals surface area contributed by atoms with Crippen molar-refractivity contribution in [3.8, 4) is 5.75 Å². The van der Waals surface area contributed by atoms with Gasteiger partial charge in [0.2, 0.25) is 0 Å². The largest absolute Gasteiger partial charge is 0.415 e. The fraction of sp³-hybridized carbons (Fsp3) is 0.308. The number of amides is 1. The van der Waals surface area contributed by atoms with Crippen LogP contribution in [0.4, 0.5) is 4.79 Å². The smallest absolute Gasteiger partial charge is 0.410 e. The number of carbonyl (C=O) groups is 1. The molecule has 0 aromatic heterocycles. The molecule has 0 N–H and O–H groups in total. The van der Waals surface area contributed by atoms with Gasteiger partial charge in [0.1, 0.15) is 5.75 Å². The maximum Gasteiger partial charge on any atom is 0.415 e. The molecular formula is C13H15NO2. The molecule has 0 bridgehead atoms. The predicted octanol–water partition coefficient (Wildman–Crippen LogP) is 2.84. The van der Waals surface area contributed by atoms with E-state index < -0.39 is 0 Å². The molecule has 1 aromatic carbocycles. The maximum atomic E-state index is 11.7. The first-order valence-corrected chi connectivity index (χ1v) is 5.43. The van der Waals surface area contributed by atoms with E-state index in [1.54, 1.807) is 17.0 Å². The van der Waals surface area contributed by atoms with Gasteiger partial charge >= 0.3 is 6.09 Å². The van der Waals surface area contributed by atoms with Crippen LogP contribution in [-0.4, -0.2) is 24.1 Å². The Morgan fingerprint density at radius 3 is 2.69 bits per heavy atom. The molecular weight excluding hydrogens is 202 g/mol. The maximum absolute atomic E-state index is 11.7. The van der Waals surface area contributed by atoms with Crippen LogP contribution in [0.25, 0.3) is 0 Å². The summed E-state index contributed by atoms with van der Waals surface area (Å²) in [4.78, 5) is 13.5. The third-order valence-corrected chi connectivity index (χ3v) is 2.64. The summed E-state index contributed by atoms with van der Waals surface area (Å²) in [7, 11) is 0. The van der Waals surface area contributed by atoms with Crippen molar-refractivity contribution in [3.63, 3.8) is 0 Å². The summed E-state index contributed by atoms with van der Waals surface area (Å²) in [5.41, 5.74) is 1.34. The average molecular weight is 217 g/mol. The second-order valence-electron chi connectivity index (χ2n) is 3.93. The molecule has 0 atom stereocenters. The molecule has 0 unspecified atom stereocenters. The highest BCUT2D eigenvalue weighted by atomic mass is 16.6. The van der Waals surface area contributed by atoms with Gasteiger partial charge in [0.15, 0.2) is 0 Å². The molecule has 0 saturated heterocycles. The molecule has 1 aliphatic heterocycles. The lowest BCUT2D eigenvalue weighted by Crippen LogP contribution is -2.36. The van der Waals surface area contributed by atoms with Crippen LogP contribution >= 0.6 is 0 Å². The predicted molar refractivity (Wildman–Crippen MR) is 62.4 cm³/mol. The number of rotatable bonds is 1. The topological polar surface area (TPSA) is 29.5 Å². The highest BCUT2D eigenvalue weighted by Gasteiger charge is 2.17. The van der Waals surface area contributed by atoms with Crippen molar-refractivity contribution >= 4 is 6.09 Å². The van der Waals surface area contributed by atoms with Crippen LogP contribution in [0.2, 0.25) is 0 Å². The summed E-state index contributed by atoms with van der Waals surface area (Å²) in [5.74, 6) is 0.596. The fourth-order valence-electron chi connectivity index (χ4n) is 1.59. The summed E-state index contributed by atoms with van der Waals surface area (Å²) in [6.07, 6.45) is 2.73. The molecule has 3 heteroatoms. The molecule has 1 amide bonds. The molecule has 3 nitrogen and oxygen atoms in total. The average Bonchev–Trinajstić information content (AvgIpc) is 2.31. The lowest BCUT2D eigenvalue weighted by molar-refractivity contribution is 0.156. The first-order chi connectivity index (χ1) is 7.75. The van der Waals surface area contributed by atoms with Crippen LogP contribution < -0.4 is 4.74 Å². The molecule has 1 aliphatic rings. The summed E-state index contributed by atoms with van der Waals surface area (Å²) >= 11 is 0. The van der Waals surface area contributed by atoms with Crippen molar-refractivity contribution in [2.45, 2.75) is 13.3 Å². The Morgan fingerprint density at radius 1 is 1.31 bits per heavy atom. The number of para-hydroxylation sites is 1. The van der Waals surface area contributed by atoms with Gasteiger partial charge < -0.3 is 9.64 Å². The van der Waals surface area contributed by atoms with Gasteiger partial charge in [-0.25, -0.2) is 4.79 Å². The van der Waals surface area contributed by atoms with E-state index >= 15 is 0 Å². The van der Waals surface area contributed by atoms with Crippen LogP contribution in [-0.2, 0) is 0 Å². The van der Waals surface area contributed by atoms with Crippen LogP contribution in [0.5, 0.6) is 5.75 Å². The van der Waals surface area contributed by atoms with Gasteiger partial charge in [-0.2, -0.15) is 0 Å². The zero-order valence-corrected chi connectivity index (χ0v) is 9.35. The van der Waals surface area contributed by atoms with Crippen LogP contribution in [0.1, 0.15) is 13.3 Å². The molecule has 0 saturated carbocycles. The van der Waals surface area contributed by atoms with E-state index in [0.29, 0.717) is 12.3 Å². The zero-order chi connectivity index (χ0) is 11.4. The second-order valence-corrected chi connectivity index (χ2v) is 3.93. The van der Waals surface area contributed by atoms with Crippen LogP contribution in [0.15, 0.2) is 42.0 Å². The van der Waals surface area contributed by atoms with Gasteiger partial charge in [-0.05, 0) is 25.5 Å². The van der Waals surface area contributed by atoms with Gasteiger partial charge in [-0.15, -0.1) is 0 Å². The van der Waals surface area contributed by atoms with Gasteiger partial charge in [-0.3, -0.25) is 0 Å². The number of carbonyl (C=O) groups excluding carboxylic acids is 1. The van der Waals surface area contributed by atoms with Gasteiger partial charge in [-0.1, -0.05) is 29.8 Å². The molecule has 1 heterocycles. The van der Waals surface area contributed by atoms with Crippen molar-refractivity contribution in [1.29, 1.82) is 0 Å². The monoisotopic (exact) mass is 217 g/mol. The number of benzene rings is 1. The molecule has 2 rings (SSSR count). The minimum Gasteiger partial charge on any atom is -0.410 e. The van der Waals surface area contributed by atoms with Crippen molar-refractivity contribution in [2.75, 3.05) is 13.1 Å². The third kappa shape index (κ3) is 2.63. The Bertz CT molecular complexity index is 398. The minimum atomic E-state index is -0.269. The van der Waals surface area contributed by atoms with E-state index in [2.05, 4.69) is 13.0 Å². The Hall–Kier alpha value is -1.77. The second kappa shape index (κ2) is 4.84. The molecule has 0 radical (unpaired) electrons. The van der Waals surface area contributed by atoms with E-state index in [-0.39, 0.29) is 6.09 Å². The van der Waals surface area contributed by atoms with Gasteiger partial charge in [0, 0.05) is 13.1 Å². The first kappa shape index (κ1) is 10.7. The molecule has 0 fully saturated rings. The Labute approximate surface area is 95.3 Å². The van der Waals surface area contributed by atoms with Crippen molar-refractivity contribution in [1.82, 2.24) is 4.90 Å².